The minimum absolute atomic E-state index is 0.0987. The molecule has 0 unspecified atom stereocenters. The molecule has 0 atom stereocenters. The highest BCUT2D eigenvalue weighted by atomic mass is 16.3. The maximum absolute atomic E-state index is 9.34. The number of benzene rings is 2. The second-order valence-corrected chi connectivity index (χ2v) is 4.52. The average molecular weight is 277 g/mol. The third-order valence-corrected chi connectivity index (χ3v) is 3.17. The van der Waals surface area contributed by atoms with Gasteiger partial charge in [0.15, 0.2) is 0 Å². The summed E-state index contributed by atoms with van der Waals surface area (Å²) in [5.74, 6) is 0. The summed E-state index contributed by atoms with van der Waals surface area (Å²) in [6, 6.07) is 19.2. The molecule has 0 heterocycles. The van der Waals surface area contributed by atoms with Crippen LogP contribution in [0.15, 0.2) is 48.5 Å². The highest BCUT2D eigenvalue weighted by Gasteiger charge is 2.13. The predicted molar refractivity (Wildman–Crippen MR) is 80.8 cm³/mol. The van der Waals surface area contributed by atoms with Crippen molar-refractivity contribution in [2.24, 2.45) is 0 Å². The Bertz CT molecular complexity index is 683. The van der Waals surface area contributed by atoms with Gasteiger partial charge in [-0.25, -0.2) is 0 Å². The molecule has 4 heteroatoms. The highest BCUT2D eigenvalue weighted by Crippen LogP contribution is 2.29. The largest absolute Gasteiger partial charge is 0.392 e. The van der Waals surface area contributed by atoms with Crippen molar-refractivity contribution in [3.8, 4) is 12.1 Å². The van der Waals surface area contributed by atoms with Crippen LogP contribution >= 0.6 is 0 Å². The molecule has 0 aliphatic rings. The molecule has 1 N–H and O–H groups in total. The zero-order valence-corrected chi connectivity index (χ0v) is 11.5. The minimum atomic E-state index is -0.0987. The fourth-order valence-corrected chi connectivity index (χ4v) is 2.16. The Morgan fingerprint density at radius 3 is 2.43 bits per heavy atom. The Labute approximate surface area is 124 Å². The zero-order chi connectivity index (χ0) is 15.1. The van der Waals surface area contributed by atoms with E-state index in [9.17, 15) is 10.4 Å². The van der Waals surface area contributed by atoms with Gasteiger partial charge in [0.1, 0.15) is 6.07 Å². The van der Waals surface area contributed by atoms with E-state index in [1.165, 1.54) is 0 Å². The monoisotopic (exact) mass is 277 g/mol. The van der Waals surface area contributed by atoms with Crippen LogP contribution in [0, 0.1) is 22.7 Å². The van der Waals surface area contributed by atoms with E-state index >= 15 is 0 Å². The standard InChI is InChI=1S/C17H15N3O/c18-9-4-10-20(16-5-2-1-3-6-16)17-8-7-14(13-21)11-15(17)12-19/h1-3,5-8,11,21H,4,10,13H2. The Morgan fingerprint density at radius 2 is 1.81 bits per heavy atom. The number of aliphatic hydroxyl groups excluding tert-OH is 1. The second kappa shape index (κ2) is 7.09. The van der Waals surface area contributed by atoms with E-state index < -0.39 is 0 Å². The van der Waals surface area contributed by atoms with Crippen LogP contribution in [-0.4, -0.2) is 11.7 Å². The number of hydrogen-bond donors (Lipinski definition) is 1. The third-order valence-electron chi connectivity index (χ3n) is 3.17. The molecule has 21 heavy (non-hydrogen) atoms. The first-order valence-corrected chi connectivity index (χ1v) is 6.63. The van der Waals surface area contributed by atoms with Gasteiger partial charge in [0.05, 0.1) is 30.3 Å². The number of aliphatic hydroxyl groups is 1. The van der Waals surface area contributed by atoms with E-state index in [0.717, 1.165) is 11.4 Å². The number of nitriles is 2. The molecule has 2 aromatic rings. The van der Waals surface area contributed by atoms with Crippen molar-refractivity contribution in [3.05, 3.63) is 59.7 Å². The molecule has 2 aromatic carbocycles. The Kier molecular flexibility index (Phi) is 4.93. The summed E-state index contributed by atoms with van der Waals surface area (Å²) in [4.78, 5) is 1.95. The number of para-hydroxylation sites is 1. The fourth-order valence-electron chi connectivity index (χ4n) is 2.16. The van der Waals surface area contributed by atoms with E-state index in [2.05, 4.69) is 12.1 Å². The van der Waals surface area contributed by atoms with Crippen molar-refractivity contribution in [1.29, 1.82) is 10.5 Å². The van der Waals surface area contributed by atoms with E-state index in [1.54, 1.807) is 12.1 Å². The molecule has 2 rings (SSSR count). The molecule has 0 bridgehead atoms. The maximum Gasteiger partial charge on any atom is 0.101 e. The lowest BCUT2D eigenvalue weighted by molar-refractivity contribution is 0.282. The van der Waals surface area contributed by atoms with Gasteiger partial charge in [-0.3, -0.25) is 0 Å². The summed E-state index contributed by atoms with van der Waals surface area (Å²) >= 11 is 0. The first-order chi connectivity index (χ1) is 10.3. The summed E-state index contributed by atoms with van der Waals surface area (Å²) in [6.45, 7) is 0.409. The van der Waals surface area contributed by atoms with Gasteiger partial charge >= 0.3 is 0 Å². The van der Waals surface area contributed by atoms with Crippen molar-refractivity contribution in [2.45, 2.75) is 13.0 Å². The predicted octanol–water partition coefficient (Wildman–Crippen LogP) is 3.10. The van der Waals surface area contributed by atoms with Crippen molar-refractivity contribution in [2.75, 3.05) is 11.4 Å². The van der Waals surface area contributed by atoms with E-state index in [-0.39, 0.29) is 6.61 Å². The average Bonchev–Trinajstić information content (AvgIpc) is 2.56. The number of hydrogen-bond acceptors (Lipinski definition) is 4. The number of rotatable bonds is 5. The Hall–Kier alpha value is -2.82. The first-order valence-electron chi connectivity index (χ1n) is 6.63. The highest BCUT2D eigenvalue weighted by molar-refractivity contribution is 5.69. The van der Waals surface area contributed by atoms with Gasteiger partial charge in [-0.1, -0.05) is 24.3 Å². The van der Waals surface area contributed by atoms with Gasteiger partial charge < -0.3 is 10.0 Å². The van der Waals surface area contributed by atoms with Gasteiger partial charge in [-0.15, -0.1) is 0 Å². The molecule has 0 fully saturated rings. The van der Waals surface area contributed by atoms with Crippen LogP contribution in [0.3, 0.4) is 0 Å². The molecule has 4 nitrogen and oxygen atoms in total. The van der Waals surface area contributed by atoms with Crippen LogP contribution < -0.4 is 4.90 Å². The zero-order valence-electron chi connectivity index (χ0n) is 11.5. The van der Waals surface area contributed by atoms with Gasteiger partial charge in [0.2, 0.25) is 0 Å². The van der Waals surface area contributed by atoms with E-state index in [1.807, 2.05) is 41.3 Å². The lowest BCUT2D eigenvalue weighted by atomic mass is 10.1. The van der Waals surface area contributed by atoms with Crippen molar-refractivity contribution >= 4 is 11.4 Å². The topological polar surface area (TPSA) is 71.1 Å². The van der Waals surface area contributed by atoms with E-state index in [0.29, 0.717) is 24.1 Å². The molecule has 0 spiro atoms. The van der Waals surface area contributed by atoms with Gasteiger partial charge in [-0.05, 0) is 29.8 Å². The molecule has 0 amide bonds. The van der Waals surface area contributed by atoms with Crippen molar-refractivity contribution in [1.82, 2.24) is 0 Å². The summed E-state index contributed by atoms with van der Waals surface area (Å²) in [5, 5.41) is 27.4. The lowest BCUT2D eigenvalue weighted by Gasteiger charge is -2.25. The Balaban J connectivity index is 2.47. The van der Waals surface area contributed by atoms with Crippen LogP contribution in [0.2, 0.25) is 0 Å². The molecule has 0 aliphatic carbocycles. The van der Waals surface area contributed by atoms with Gasteiger partial charge in [-0.2, -0.15) is 10.5 Å². The maximum atomic E-state index is 9.34. The molecule has 0 aliphatic heterocycles. The molecular weight excluding hydrogens is 262 g/mol. The quantitative estimate of drug-likeness (QED) is 0.911. The second-order valence-electron chi connectivity index (χ2n) is 4.52. The number of anilines is 2. The lowest BCUT2D eigenvalue weighted by Crippen LogP contribution is -2.19. The minimum Gasteiger partial charge on any atom is -0.392 e. The van der Waals surface area contributed by atoms with Crippen molar-refractivity contribution in [3.63, 3.8) is 0 Å². The molecule has 0 aromatic heterocycles. The number of nitrogens with zero attached hydrogens (tertiary/aromatic N) is 3. The first kappa shape index (κ1) is 14.6. The van der Waals surface area contributed by atoms with Crippen LogP contribution in [0.1, 0.15) is 17.5 Å². The normalized spacial score (nSPS) is 9.67. The van der Waals surface area contributed by atoms with Crippen LogP contribution in [-0.2, 0) is 6.61 Å². The summed E-state index contributed by atoms with van der Waals surface area (Å²) in [7, 11) is 0. The summed E-state index contributed by atoms with van der Waals surface area (Å²) < 4.78 is 0. The van der Waals surface area contributed by atoms with Gasteiger partial charge in [0, 0.05) is 12.2 Å². The third kappa shape index (κ3) is 3.39. The van der Waals surface area contributed by atoms with Gasteiger partial charge in [0.25, 0.3) is 0 Å². The molecular formula is C17H15N3O. The van der Waals surface area contributed by atoms with Crippen LogP contribution in [0.5, 0.6) is 0 Å². The smallest absolute Gasteiger partial charge is 0.101 e. The molecule has 104 valence electrons. The fraction of sp³-hybridized carbons (Fsp3) is 0.176. The van der Waals surface area contributed by atoms with Crippen LogP contribution in [0.25, 0.3) is 0 Å². The molecule has 0 saturated heterocycles. The Morgan fingerprint density at radius 1 is 1.05 bits per heavy atom. The van der Waals surface area contributed by atoms with Crippen LogP contribution in [0.4, 0.5) is 11.4 Å². The SMILES string of the molecule is N#CCCN(c1ccccc1)c1ccc(CO)cc1C#N. The van der Waals surface area contributed by atoms with E-state index in [4.69, 9.17) is 5.26 Å². The molecule has 0 saturated carbocycles. The molecule has 0 radical (unpaired) electrons. The summed E-state index contributed by atoms with van der Waals surface area (Å²) in [6.07, 6.45) is 0.363. The van der Waals surface area contributed by atoms with Crippen molar-refractivity contribution < 1.29 is 5.11 Å². The summed E-state index contributed by atoms with van der Waals surface area (Å²) in [5.41, 5.74) is 2.86.